The molecule has 0 saturated carbocycles. The van der Waals surface area contributed by atoms with E-state index in [2.05, 4.69) is 15.3 Å². The molecule has 2 heterocycles. The largest absolute Gasteiger partial charge is 0.481 e. The molecule has 0 unspecified atom stereocenters. The number of hydrogen-bond donors (Lipinski definition) is 2. The van der Waals surface area contributed by atoms with Gasteiger partial charge in [-0.15, -0.1) is 0 Å². The van der Waals surface area contributed by atoms with E-state index in [1.165, 1.54) is 30.6 Å². The third-order valence-corrected chi connectivity index (χ3v) is 2.54. The van der Waals surface area contributed by atoms with Gasteiger partial charge < -0.3 is 10.4 Å². The number of aromatic nitrogens is 2. The molecule has 0 radical (unpaired) electrons. The van der Waals surface area contributed by atoms with Crippen molar-refractivity contribution in [1.29, 1.82) is 5.26 Å². The average Bonchev–Trinajstić information content (AvgIpc) is 2.49. The molecule has 0 aliphatic carbocycles. The van der Waals surface area contributed by atoms with Gasteiger partial charge in [0.15, 0.2) is 0 Å². The Labute approximate surface area is 119 Å². The highest BCUT2D eigenvalue weighted by molar-refractivity contribution is 6.02. The molecule has 21 heavy (non-hydrogen) atoms. The van der Waals surface area contributed by atoms with Crippen molar-refractivity contribution < 1.29 is 14.7 Å². The van der Waals surface area contributed by atoms with Crippen molar-refractivity contribution in [2.75, 3.05) is 5.32 Å². The maximum atomic E-state index is 11.9. The number of carboxylic acids is 1. The van der Waals surface area contributed by atoms with Crippen LogP contribution >= 0.6 is 0 Å². The summed E-state index contributed by atoms with van der Waals surface area (Å²) in [6, 6.07) is 7.94. The molecule has 0 fully saturated rings. The van der Waals surface area contributed by atoms with Gasteiger partial charge in [-0.25, -0.2) is 4.98 Å². The number of nitrogens with zero attached hydrogens (tertiary/aromatic N) is 3. The molecular formula is C14H10N4O3. The van der Waals surface area contributed by atoms with Crippen LogP contribution in [-0.2, 0) is 11.2 Å². The van der Waals surface area contributed by atoms with Gasteiger partial charge in [0.1, 0.15) is 11.8 Å². The first-order chi connectivity index (χ1) is 10.1. The van der Waals surface area contributed by atoms with E-state index in [4.69, 9.17) is 10.4 Å². The molecule has 2 N–H and O–H groups in total. The number of anilines is 1. The van der Waals surface area contributed by atoms with Gasteiger partial charge in [-0.2, -0.15) is 5.26 Å². The molecule has 2 aromatic rings. The summed E-state index contributed by atoms with van der Waals surface area (Å²) in [6.45, 7) is 0. The second kappa shape index (κ2) is 6.25. The third kappa shape index (κ3) is 3.84. The Morgan fingerprint density at radius 1 is 1.19 bits per heavy atom. The van der Waals surface area contributed by atoms with E-state index in [0.29, 0.717) is 16.9 Å². The Morgan fingerprint density at radius 3 is 2.52 bits per heavy atom. The standard InChI is InChI=1S/C14H10N4O3/c15-6-9-1-4-12(17-7-9)14(21)18-11-3-2-10(16-8-11)5-13(19)20/h1-4,7-8H,5H2,(H,18,21)(H,19,20). The van der Waals surface area contributed by atoms with Crippen LogP contribution in [0, 0.1) is 11.3 Å². The number of amides is 1. The predicted octanol–water partition coefficient (Wildman–Crippen LogP) is 1.23. The number of aliphatic carboxylic acids is 1. The number of hydrogen-bond acceptors (Lipinski definition) is 5. The van der Waals surface area contributed by atoms with Crippen LogP contribution in [0.4, 0.5) is 5.69 Å². The Balaban J connectivity index is 2.05. The summed E-state index contributed by atoms with van der Waals surface area (Å²) in [7, 11) is 0. The van der Waals surface area contributed by atoms with Gasteiger partial charge in [-0.1, -0.05) is 0 Å². The lowest BCUT2D eigenvalue weighted by Crippen LogP contribution is -2.14. The van der Waals surface area contributed by atoms with Crippen LogP contribution in [0.2, 0.25) is 0 Å². The molecule has 0 spiro atoms. The summed E-state index contributed by atoms with van der Waals surface area (Å²) >= 11 is 0. The number of nitrogens with one attached hydrogen (secondary N) is 1. The minimum Gasteiger partial charge on any atom is -0.481 e. The smallest absolute Gasteiger partial charge is 0.309 e. The van der Waals surface area contributed by atoms with Gasteiger partial charge in [0.2, 0.25) is 0 Å². The van der Waals surface area contributed by atoms with Crippen LogP contribution in [0.1, 0.15) is 21.7 Å². The van der Waals surface area contributed by atoms with Gasteiger partial charge in [0.05, 0.1) is 29.6 Å². The minimum absolute atomic E-state index is 0.170. The lowest BCUT2D eigenvalue weighted by Gasteiger charge is -2.05. The van der Waals surface area contributed by atoms with Gasteiger partial charge in [-0.05, 0) is 24.3 Å². The maximum Gasteiger partial charge on any atom is 0.309 e. The van der Waals surface area contributed by atoms with Gasteiger partial charge in [0.25, 0.3) is 5.91 Å². The van der Waals surface area contributed by atoms with E-state index in [1.54, 1.807) is 6.07 Å². The van der Waals surface area contributed by atoms with Crippen molar-refractivity contribution in [2.24, 2.45) is 0 Å². The molecule has 2 rings (SSSR count). The van der Waals surface area contributed by atoms with E-state index in [0.717, 1.165) is 0 Å². The van der Waals surface area contributed by atoms with Crippen molar-refractivity contribution in [3.8, 4) is 6.07 Å². The van der Waals surface area contributed by atoms with E-state index in [-0.39, 0.29) is 12.1 Å². The van der Waals surface area contributed by atoms with Gasteiger partial charge in [-0.3, -0.25) is 14.6 Å². The zero-order valence-corrected chi connectivity index (χ0v) is 10.8. The fraction of sp³-hybridized carbons (Fsp3) is 0.0714. The van der Waals surface area contributed by atoms with E-state index in [1.807, 2.05) is 6.07 Å². The summed E-state index contributed by atoms with van der Waals surface area (Å²) in [5.74, 6) is -1.41. The van der Waals surface area contributed by atoms with Crippen LogP contribution in [-0.4, -0.2) is 27.0 Å². The van der Waals surface area contributed by atoms with Crippen LogP contribution in [0.25, 0.3) is 0 Å². The molecule has 104 valence electrons. The van der Waals surface area contributed by atoms with Crippen LogP contribution in [0.15, 0.2) is 36.7 Å². The monoisotopic (exact) mass is 282 g/mol. The van der Waals surface area contributed by atoms with Crippen LogP contribution in [0.5, 0.6) is 0 Å². The lowest BCUT2D eigenvalue weighted by atomic mass is 10.2. The molecule has 0 atom stereocenters. The van der Waals surface area contributed by atoms with Crippen LogP contribution < -0.4 is 5.32 Å². The topological polar surface area (TPSA) is 116 Å². The second-order valence-electron chi connectivity index (χ2n) is 4.11. The number of nitriles is 1. The number of carbonyl (C=O) groups is 2. The highest BCUT2D eigenvalue weighted by Gasteiger charge is 2.08. The minimum atomic E-state index is -0.971. The summed E-state index contributed by atoms with van der Waals surface area (Å²) in [6.07, 6.45) is 2.51. The summed E-state index contributed by atoms with van der Waals surface area (Å²) in [5, 5.41) is 19.9. The zero-order chi connectivity index (χ0) is 15.2. The molecule has 7 heteroatoms. The van der Waals surface area contributed by atoms with Gasteiger partial charge in [0, 0.05) is 6.20 Å². The van der Waals surface area contributed by atoms with Crippen molar-refractivity contribution in [1.82, 2.24) is 9.97 Å². The highest BCUT2D eigenvalue weighted by atomic mass is 16.4. The quantitative estimate of drug-likeness (QED) is 0.871. The van der Waals surface area contributed by atoms with E-state index in [9.17, 15) is 9.59 Å². The molecule has 0 aromatic carbocycles. The number of carboxylic acid groups (broad SMARTS) is 1. The molecular weight excluding hydrogens is 272 g/mol. The molecule has 7 nitrogen and oxygen atoms in total. The molecule has 0 bridgehead atoms. The van der Waals surface area contributed by atoms with Crippen molar-refractivity contribution in [3.63, 3.8) is 0 Å². The molecule has 0 saturated heterocycles. The van der Waals surface area contributed by atoms with E-state index < -0.39 is 11.9 Å². The first-order valence-corrected chi connectivity index (χ1v) is 5.92. The fourth-order valence-electron chi connectivity index (χ4n) is 1.55. The first-order valence-electron chi connectivity index (χ1n) is 5.92. The lowest BCUT2D eigenvalue weighted by molar-refractivity contribution is -0.136. The second-order valence-corrected chi connectivity index (χ2v) is 4.11. The number of rotatable bonds is 4. The van der Waals surface area contributed by atoms with Crippen molar-refractivity contribution in [2.45, 2.75) is 6.42 Å². The highest BCUT2D eigenvalue weighted by Crippen LogP contribution is 2.09. The Bertz CT molecular complexity index is 702. The molecule has 0 aliphatic rings. The van der Waals surface area contributed by atoms with Crippen LogP contribution in [0.3, 0.4) is 0 Å². The molecule has 1 amide bonds. The Morgan fingerprint density at radius 2 is 2.00 bits per heavy atom. The Hall–Kier alpha value is -3.27. The SMILES string of the molecule is N#Cc1ccc(C(=O)Nc2ccc(CC(=O)O)nc2)nc1. The van der Waals surface area contributed by atoms with E-state index >= 15 is 0 Å². The fourth-order valence-corrected chi connectivity index (χ4v) is 1.55. The predicted molar refractivity (Wildman–Crippen MR) is 72.5 cm³/mol. The zero-order valence-electron chi connectivity index (χ0n) is 10.8. The number of pyridine rings is 2. The summed E-state index contributed by atoms with van der Waals surface area (Å²) < 4.78 is 0. The van der Waals surface area contributed by atoms with Crippen molar-refractivity contribution >= 4 is 17.6 Å². The average molecular weight is 282 g/mol. The molecule has 0 aliphatic heterocycles. The third-order valence-electron chi connectivity index (χ3n) is 2.54. The normalized spacial score (nSPS) is 9.67. The maximum absolute atomic E-state index is 11.9. The summed E-state index contributed by atoms with van der Waals surface area (Å²) in [4.78, 5) is 30.2. The first kappa shape index (κ1) is 14.1. The van der Waals surface area contributed by atoms with Crippen molar-refractivity contribution in [3.05, 3.63) is 53.6 Å². The molecule has 2 aromatic heterocycles. The number of carbonyl (C=O) groups excluding carboxylic acids is 1. The van der Waals surface area contributed by atoms with Gasteiger partial charge >= 0.3 is 5.97 Å². The Kier molecular flexibility index (Phi) is 4.21. The summed E-state index contributed by atoms with van der Waals surface area (Å²) in [5.41, 5.74) is 1.37.